The lowest BCUT2D eigenvalue weighted by molar-refractivity contribution is -0.145. The van der Waals surface area contributed by atoms with Gasteiger partial charge in [-0.2, -0.15) is 0 Å². The van der Waals surface area contributed by atoms with E-state index in [4.69, 9.17) is 0 Å². The predicted octanol–water partition coefficient (Wildman–Crippen LogP) is 2.99. The Balaban J connectivity index is 2.13. The molecule has 1 fully saturated rings. The Kier molecular flexibility index (Phi) is 4.12. The Morgan fingerprint density at radius 3 is 2.20 bits per heavy atom. The average molecular weight is 275 g/mol. The first-order valence-corrected chi connectivity index (χ1v) is 6.98. The van der Waals surface area contributed by atoms with E-state index in [1.807, 2.05) is 39.0 Å². The molecule has 4 heteroatoms. The largest absolute Gasteiger partial charge is 0.481 e. The minimum Gasteiger partial charge on any atom is -0.481 e. The van der Waals surface area contributed by atoms with Gasteiger partial charge in [-0.15, -0.1) is 0 Å². The van der Waals surface area contributed by atoms with Gasteiger partial charge in [-0.25, -0.2) is 0 Å². The van der Waals surface area contributed by atoms with Gasteiger partial charge in [0.25, 0.3) is 0 Å². The van der Waals surface area contributed by atoms with Crippen molar-refractivity contribution in [2.75, 3.05) is 5.32 Å². The van der Waals surface area contributed by atoms with Crippen molar-refractivity contribution in [1.82, 2.24) is 0 Å². The van der Waals surface area contributed by atoms with Gasteiger partial charge < -0.3 is 10.4 Å². The molecule has 1 amide bonds. The first-order valence-electron chi connectivity index (χ1n) is 6.98. The van der Waals surface area contributed by atoms with Gasteiger partial charge in [0.05, 0.1) is 11.8 Å². The summed E-state index contributed by atoms with van der Waals surface area (Å²) in [5.74, 6) is -1.74. The van der Waals surface area contributed by atoms with Crippen LogP contribution in [-0.2, 0) is 9.59 Å². The molecule has 20 heavy (non-hydrogen) atoms. The number of hydrogen-bond donors (Lipinski definition) is 2. The second kappa shape index (κ2) is 5.65. The van der Waals surface area contributed by atoms with Crippen LogP contribution in [0.15, 0.2) is 18.2 Å². The molecule has 0 radical (unpaired) electrons. The average Bonchev–Trinajstić information content (AvgIpc) is 2.70. The molecule has 2 N–H and O–H groups in total. The van der Waals surface area contributed by atoms with Gasteiger partial charge in [0.1, 0.15) is 0 Å². The highest BCUT2D eigenvalue weighted by Gasteiger charge is 2.41. The van der Waals surface area contributed by atoms with Crippen LogP contribution in [0, 0.1) is 31.6 Å². The summed E-state index contributed by atoms with van der Waals surface area (Å²) in [5.41, 5.74) is 2.90. The van der Waals surface area contributed by atoms with E-state index in [-0.39, 0.29) is 11.8 Å². The summed E-state index contributed by atoms with van der Waals surface area (Å²) in [4.78, 5) is 23.6. The highest BCUT2D eigenvalue weighted by Crippen LogP contribution is 2.37. The Morgan fingerprint density at radius 1 is 1.10 bits per heavy atom. The minimum atomic E-state index is -0.866. The molecule has 1 aliphatic rings. The molecule has 108 valence electrons. The van der Waals surface area contributed by atoms with Gasteiger partial charge in [-0.1, -0.05) is 13.0 Å². The summed E-state index contributed by atoms with van der Waals surface area (Å²) in [7, 11) is 0. The molecule has 2 rings (SSSR count). The summed E-state index contributed by atoms with van der Waals surface area (Å²) in [5, 5.41) is 12.1. The lowest BCUT2D eigenvalue weighted by Crippen LogP contribution is -2.30. The van der Waals surface area contributed by atoms with Crippen molar-refractivity contribution in [3.05, 3.63) is 29.3 Å². The normalized spacial score (nSPS) is 25.4. The fourth-order valence-electron chi connectivity index (χ4n) is 3.14. The van der Waals surface area contributed by atoms with Crippen molar-refractivity contribution in [3.8, 4) is 0 Å². The molecule has 1 unspecified atom stereocenters. The Hall–Kier alpha value is -1.84. The summed E-state index contributed by atoms with van der Waals surface area (Å²) < 4.78 is 0. The lowest BCUT2D eigenvalue weighted by Gasteiger charge is -2.16. The van der Waals surface area contributed by atoms with E-state index in [2.05, 4.69) is 5.32 Å². The third kappa shape index (κ3) is 3.18. The van der Waals surface area contributed by atoms with Crippen molar-refractivity contribution < 1.29 is 14.7 Å². The van der Waals surface area contributed by atoms with E-state index in [0.29, 0.717) is 12.8 Å². The number of benzene rings is 1. The summed E-state index contributed by atoms with van der Waals surface area (Å²) in [6.45, 7) is 5.95. The summed E-state index contributed by atoms with van der Waals surface area (Å²) in [6, 6.07) is 5.84. The van der Waals surface area contributed by atoms with Gasteiger partial charge in [-0.05, 0) is 55.9 Å². The van der Waals surface area contributed by atoms with Crippen LogP contribution in [0.2, 0.25) is 0 Å². The number of aryl methyl sites for hydroxylation is 2. The van der Waals surface area contributed by atoms with Gasteiger partial charge in [-0.3, -0.25) is 9.59 Å². The molecule has 0 aromatic heterocycles. The molecule has 0 heterocycles. The first kappa shape index (κ1) is 14.6. The highest BCUT2D eigenvalue weighted by atomic mass is 16.4. The van der Waals surface area contributed by atoms with E-state index in [0.717, 1.165) is 16.8 Å². The predicted molar refractivity (Wildman–Crippen MR) is 77.6 cm³/mol. The van der Waals surface area contributed by atoms with Crippen LogP contribution >= 0.6 is 0 Å². The molecular formula is C16H21NO3. The van der Waals surface area contributed by atoms with Crippen molar-refractivity contribution in [3.63, 3.8) is 0 Å². The molecular weight excluding hydrogens is 254 g/mol. The van der Waals surface area contributed by atoms with Crippen LogP contribution in [-0.4, -0.2) is 17.0 Å². The second-order valence-electron chi connectivity index (χ2n) is 5.99. The minimum absolute atomic E-state index is 0.174. The topological polar surface area (TPSA) is 66.4 Å². The third-order valence-corrected chi connectivity index (χ3v) is 3.94. The van der Waals surface area contributed by atoms with Crippen molar-refractivity contribution in [2.24, 2.45) is 17.8 Å². The number of carboxylic acids is 1. The Labute approximate surface area is 119 Å². The molecule has 3 atom stereocenters. The first-order chi connectivity index (χ1) is 9.36. The van der Waals surface area contributed by atoms with Crippen molar-refractivity contribution in [2.45, 2.75) is 33.6 Å². The van der Waals surface area contributed by atoms with Gasteiger partial charge >= 0.3 is 5.97 Å². The van der Waals surface area contributed by atoms with E-state index < -0.39 is 17.8 Å². The number of anilines is 1. The molecule has 1 aromatic rings. The molecule has 0 bridgehead atoms. The van der Waals surface area contributed by atoms with Crippen molar-refractivity contribution in [1.29, 1.82) is 0 Å². The zero-order valence-electron chi connectivity index (χ0n) is 12.1. The van der Waals surface area contributed by atoms with Gasteiger partial charge in [0, 0.05) is 5.69 Å². The van der Waals surface area contributed by atoms with E-state index >= 15 is 0 Å². The smallest absolute Gasteiger partial charge is 0.307 e. The van der Waals surface area contributed by atoms with Crippen LogP contribution < -0.4 is 5.32 Å². The molecule has 1 aliphatic carbocycles. The van der Waals surface area contributed by atoms with E-state index in [1.54, 1.807) is 0 Å². The van der Waals surface area contributed by atoms with Crippen LogP contribution in [0.1, 0.15) is 30.9 Å². The second-order valence-corrected chi connectivity index (χ2v) is 5.99. The zero-order valence-corrected chi connectivity index (χ0v) is 12.1. The number of aliphatic carboxylic acids is 1. The number of carbonyl (C=O) groups is 2. The van der Waals surface area contributed by atoms with Crippen LogP contribution in [0.4, 0.5) is 5.69 Å². The maximum Gasteiger partial charge on any atom is 0.307 e. The Morgan fingerprint density at radius 2 is 1.65 bits per heavy atom. The zero-order chi connectivity index (χ0) is 14.9. The molecule has 1 aromatic carbocycles. The number of carboxylic acid groups (broad SMARTS) is 1. The van der Waals surface area contributed by atoms with Crippen molar-refractivity contribution >= 4 is 17.6 Å². The number of carbonyl (C=O) groups excluding carboxylic acids is 1. The third-order valence-electron chi connectivity index (χ3n) is 3.94. The number of rotatable bonds is 3. The maximum atomic E-state index is 12.3. The summed E-state index contributed by atoms with van der Waals surface area (Å²) >= 11 is 0. The maximum absolute atomic E-state index is 12.3. The lowest BCUT2D eigenvalue weighted by atomic mass is 9.95. The van der Waals surface area contributed by atoms with Crippen LogP contribution in [0.5, 0.6) is 0 Å². The van der Waals surface area contributed by atoms with Gasteiger partial charge in [0.2, 0.25) is 5.91 Å². The molecule has 0 aliphatic heterocycles. The fourth-order valence-corrected chi connectivity index (χ4v) is 3.14. The molecule has 4 nitrogen and oxygen atoms in total. The van der Waals surface area contributed by atoms with E-state index in [1.165, 1.54) is 0 Å². The molecule has 0 saturated heterocycles. The standard InChI is InChI=1S/C16H21NO3/c1-9-4-10(2)6-12(5-9)17-15(18)13-7-11(3)8-14(13)16(19)20/h4-6,11,13-14H,7-8H2,1-3H3,(H,17,18)(H,19,20)/t11?,13-,14+/m0/s1. The molecule has 0 spiro atoms. The monoisotopic (exact) mass is 275 g/mol. The fraction of sp³-hybridized carbons (Fsp3) is 0.500. The number of nitrogens with one attached hydrogen (secondary N) is 1. The quantitative estimate of drug-likeness (QED) is 0.891. The summed E-state index contributed by atoms with van der Waals surface area (Å²) in [6.07, 6.45) is 1.23. The van der Waals surface area contributed by atoms with Crippen LogP contribution in [0.3, 0.4) is 0 Å². The number of amides is 1. The number of hydrogen-bond acceptors (Lipinski definition) is 2. The van der Waals surface area contributed by atoms with Crippen LogP contribution in [0.25, 0.3) is 0 Å². The Bertz CT molecular complexity index is 518. The molecule has 1 saturated carbocycles. The van der Waals surface area contributed by atoms with Gasteiger partial charge in [0.15, 0.2) is 0 Å². The highest BCUT2D eigenvalue weighted by molar-refractivity contribution is 5.95. The van der Waals surface area contributed by atoms with E-state index in [9.17, 15) is 14.7 Å². The SMILES string of the molecule is Cc1cc(C)cc(NC(=O)[C@H]2CC(C)C[C@H]2C(=O)O)c1.